The van der Waals surface area contributed by atoms with Gasteiger partial charge >= 0.3 is 0 Å². The highest BCUT2D eigenvalue weighted by Gasteiger charge is 2.36. The van der Waals surface area contributed by atoms with Crippen molar-refractivity contribution in [3.63, 3.8) is 0 Å². The van der Waals surface area contributed by atoms with Crippen LogP contribution in [-0.4, -0.2) is 48.3 Å². The summed E-state index contributed by atoms with van der Waals surface area (Å²) in [5, 5.41) is 3.42. The van der Waals surface area contributed by atoms with Gasteiger partial charge in [0.2, 0.25) is 5.79 Å². The average molecular weight is 359 g/mol. The number of ether oxygens (including phenoxy) is 3. The van der Waals surface area contributed by atoms with E-state index in [0.717, 1.165) is 5.39 Å². The van der Waals surface area contributed by atoms with E-state index in [1.807, 2.05) is 13.0 Å². The Bertz CT molecular complexity index is 907. The molecule has 2 aromatic rings. The SMILES string of the molecule is CCn1c(=O)c(C(=O)NCC2(OC)C=CC(OC)O2)cc2cccnc21. The highest BCUT2D eigenvalue weighted by molar-refractivity contribution is 5.96. The van der Waals surface area contributed by atoms with Gasteiger partial charge in [-0.05, 0) is 37.3 Å². The Labute approximate surface area is 150 Å². The van der Waals surface area contributed by atoms with Crippen molar-refractivity contribution >= 4 is 16.9 Å². The Kier molecular flexibility index (Phi) is 5.17. The molecule has 0 aliphatic carbocycles. The number of fused-ring (bicyclic) bond motifs is 1. The minimum atomic E-state index is -1.13. The van der Waals surface area contributed by atoms with Crippen LogP contribution in [-0.2, 0) is 20.8 Å². The molecule has 2 unspecified atom stereocenters. The fourth-order valence-electron chi connectivity index (χ4n) is 2.88. The third-order valence-electron chi connectivity index (χ3n) is 4.30. The van der Waals surface area contributed by atoms with Gasteiger partial charge in [0.15, 0.2) is 6.29 Å². The molecule has 8 nitrogen and oxygen atoms in total. The lowest BCUT2D eigenvalue weighted by Gasteiger charge is -2.27. The number of aryl methyl sites for hydroxylation is 1. The normalized spacial score (nSPS) is 22.0. The van der Waals surface area contributed by atoms with Gasteiger partial charge in [-0.15, -0.1) is 0 Å². The number of nitrogens with one attached hydrogen (secondary N) is 1. The Morgan fingerprint density at radius 2 is 2.27 bits per heavy atom. The number of carbonyl (C=O) groups excluding carboxylic acids is 1. The molecule has 0 aromatic carbocycles. The van der Waals surface area contributed by atoms with E-state index >= 15 is 0 Å². The first kappa shape index (κ1) is 18.2. The highest BCUT2D eigenvalue weighted by atomic mass is 16.8. The largest absolute Gasteiger partial charge is 0.352 e. The number of rotatable bonds is 6. The lowest BCUT2D eigenvalue weighted by atomic mass is 10.1. The molecule has 0 bridgehead atoms. The molecule has 0 fully saturated rings. The minimum absolute atomic E-state index is 0.0370. The monoisotopic (exact) mass is 359 g/mol. The molecule has 3 heterocycles. The Hall–Kier alpha value is -2.55. The quantitative estimate of drug-likeness (QED) is 0.775. The summed E-state index contributed by atoms with van der Waals surface area (Å²) >= 11 is 0. The molecule has 1 aliphatic rings. The smallest absolute Gasteiger partial charge is 0.265 e. The summed E-state index contributed by atoms with van der Waals surface area (Å²) in [6, 6.07) is 5.12. The van der Waals surface area contributed by atoms with Gasteiger partial charge in [-0.25, -0.2) is 4.98 Å². The zero-order chi connectivity index (χ0) is 18.7. The molecular formula is C18H21N3O5. The second-order valence-corrected chi connectivity index (χ2v) is 5.80. The molecule has 0 spiro atoms. The summed E-state index contributed by atoms with van der Waals surface area (Å²) in [7, 11) is 2.98. The van der Waals surface area contributed by atoms with Crippen LogP contribution in [0.5, 0.6) is 0 Å². The van der Waals surface area contributed by atoms with E-state index in [9.17, 15) is 9.59 Å². The van der Waals surface area contributed by atoms with Gasteiger partial charge in [0.25, 0.3) is 11.5 Å². The van der Waals surface area contributed by atoms with Crippen LogP contribution in [0.25, 0.3) is 11.0 Å². The fraction of sp³-hybridized carbons (Fsp3) is 0.389. The van der Waals surface area contributed by atoms with Crippen molar-refractivity contribution in [2.75, 3.05) is 20.8 Å². The maximum atomic E-state index is 12.7. The van der Waals surface area contributed by atoms with E-state index in [2.05, 4.69) is 10.3 Å². The third-order valence-corrected chi connectivity index (χ3v) is 4.30. The first-order chi connectivity index (χ1) is 12.5. The van der Waals surface area contributed by atoms with Crippen LogP contribution in [0, 0.1) is 0 Å². The van der Waals surface area contributed by atoms with E-state index in [-0.39, 0.29) is 17.7 Å². The van der Waals surface area contributed by atoms with Crippen molar-refractivity contribution in [3.8, 4) is 0 Å². The molecule has 2 atom stereocenters. The van der Waals surface area contributed by atoms with Crippen LogP contribution in [0.3, 0.4) is 0 Å². The Morgan fingerprint density at radius 1 is 1.46 bits per heavy atom. The molecule has 1 amide bonds. The van der Waals surface area contributed by atoms with Crippen LogP contribution >= 0.6 is 0 Å². The van der Waals surface area contributed by atoms with Gasteiger partial charge in [0.1, 0.15) is 11.2 Å². The van der Waals surface area contributed by atoms with Crippen molar-refractivity contribution in [2.45, 2.75) is 25.5 Å². The van der Waals surface area contributed by atoms with E-state index in [4.69, 9.17) is 14.2 Å². The number of methoxy groups -OCH3 is 2. The van der Waals surface area contributed by atoms with Gasteiger partial charge in [-0.2, -0.15) is 0 Å². The average Bonchev–Trinajstić information content (AvgIpc) is 3.10. The van der Waals surface area contributed by atoms with Crippen LogP contribution in [0.15, 0.2) is 41.3 Å². The van der Waals surface area contributed by atoms with Crippen LogP contribution in [0.2, 0.25) is 0 Å². The van der Waals surface area contributed by atoms with E-state index in [0.29, 0.717) is 12.2 Å². The Morgan fingerprint density at radius 3 is 2.92 bits per heavy atom. The van der Waals surface area contributed by atoms with Crippen LogP contribution < -0.4 is 10.9 Å². The van der Waals surface area contributed by atoms with E-state index in [1.165, 1.54) is 18.8 Å². The zero-order valence-corrected chi connectivity index (χ0v) is 14.9. The summed E-state index contributed by atoms with van der Waals surface area (Å²) in [4.78, 5) is 29.5. The second-order valence-electron chi connectivity index (χ2n) is 5.80. The van der Waals surface area contributed by atoms with Crippen molar-refractivity contribution in [3.05, 3.63) is 52.5 Å². The van der Waals surface area contributed by atoms with Crippen molar-refractivity contribution < 1.29 is 19.0 Å². The maximum absolute atomic E-state index is 12.7. The predicted molar refractivity (Wildman–Crippen MR) is 94.8 cm³/mol. The molecule has 0 saturated heterocycles. The Balaban J connectivity index is 1.86. The lowest BCUT2D eigenvalue weighted by Crippen LogP contribution is -2.45. The van der Waals surface area contributed by atoms with Crippen LogP contribution in [0.1, 0.15) is 17.3 Å². The van der Waals surface area contributed by atoms with Gasteiger partial charge < -0.3 is 19.5 Å². The van der Waals surface area contributed by atoms with Gasteiger partial charge in [0, 0.05) is 32.3 Å². The molecule has 0 radical (unpaired) electrons. The van der Waals surface area contributed by atoms with Gasteiger partial charge in [-0.1, -0.05) is 0 Å². The number of nitrogens with zero attached hydrogens (tertiary/aromatic N) is 2. The summed E-state index contributed by atoms with van der Waals surface area (Å²) in [5.41, 5.74) is 0.207. The molecule has 3 rings (SSSR count). The molecule has 8 heteroatoms. The number of carbonyl (C=O) groups is 1. The highest BCUT2D eigenvalue weighted by Crippen LogP contribution is 2.24. The number of hydrogen-bond donors (Lipinski definition) is 1. The second kappa shape index (κ2) is 7.36. The molecule has 26 heavy (non-hydrogen) atoms. The van der Waals surface area contributed by atoms with Gasteiger partial charge in [-0.3, -0.25) is 14.2 Å². The van der Waals surface area contributed by atoms with E-state index in [1.54, 1.807) is 30.5 Å². The van der Waals surface area contributed by atoms with Gasteiger partial charge in [0.05, 0.1) is 6.54 Å². The lowest BCUT2D eigenvalue weighted by molar-refractivity contribution is -0.238. The summed E-state index contributed by atoms with van der Waals surface area (Å²) in [5.74, 6) is -1.63. The van der Waals surface area contributed by atoms with Crippen molar-refractivity contribution in [1.29, 1.82) is 0 Å². The minimum Gasteiger partial charge on any atom is -0.352 e. The zero-order valence-electron chi connectivity index (χ0n) is 14.9. The molecular weight excluding hydrogens is 338 g/mol. The molecule has 2 aromatic heterocycles. The first-order valence-corrected chi connectivity index (χ1v) is 8.25. The van der Waals surface area contributed by atoms with E-state index < -0.39 is 18.0 Å². The number of hydrogen-bond acceptors (Lipinski definition) is 6. The van der Waals surface area contributed by atoms with Crippen LogP contribution in [0.4, 0.5) is 0 Å². The molecule has 138 valence electrons. The standard InChI is InChI=1S/C18H21N3O5/c1-4-21-15-12(6-5-9-19-15)10-13(17(21)23)16(22)20-11-18(25-3)8-7-14(24-2)26-18/h5-10,14H,4,11H2,1-3H3,(H,20,22). The fourth-order valence-corrected chi connectivity index (χ4v) is 2.88. The first-order valence-electron chi connectivity index (χ1n) is 8.25. The molecule has 0 saturated carbocycles. The summed E-state index contributed by atoms with van der Waals surface area (Å²) in [6.07, 6.45) is 4.44. The topological polar surface area (TPSA) is 91.7 Å². The summed E-state index contributed by atoms with van der Waals surface area (Å²) < 4.78 is 17.6. The maximum Gasteiger partial charge on any atom is 0.265 e. The summed E-state index contributed by atoms with van der Waals surface area (Å²) in [6.45, 7) is 2.28. The van der Waals surface area contributed by atoms with Crippen molar-refractivity contribution in [1.82, 2.24) is 14.9 Å². The third kappa shape index (κ3) is 3.26. The number of aromatic nitrogens is 2. The predicted octanol–water partition coefficient (Wildman–Crippen LogP) is 1.05. The molecule has 1 aliphatic heterocycles. The number of amides is 1. The number of pyridine rings is 2. The molecule has 1 N–H and O–H groups in total. The van der Waals surface area contributed by atoms with Crippen molar-refractivity contribution in [2.24, 2.45) is 0 Å².